The van der Waals surface area contributed by atoms with Crippen molar-refractivity contribution >= 4 is 33.3 Å². The number of hydrogen-bond donors (Lipinski definition) is 0. The highest BCUT2D eigenvalue weighted by Crippen LogP contribution is 2.26. The van der Waals surface area contributed by atoms with Gasteiger partial charge in [0.15, 0.2) is 0 Å². The summed E-state index contributed by atoms with van der Waals surface area (Å²) in [6.07, 6.45) is 1.67. The maximum Gasteiger partial charge on any atom is 0.329 e. The molecular weight excluding hydrogens is 354 g/mol. The lowest BCUT2D eigenvalue weighted by molar-refractivity contribution is 0.253. The summed E-state index contributed by atoms with van der Waals surface area (Å²) in [5, 5.41) is 8.89. The predicted octanol–water partition coefficient (Wildman–Crippen LogP) is 4.57. The minimum atomic E-state index is -0.179. The first kappa shape index (κ1) is 16.8. The number of nitriles is 1. The Morgan fingerprint density at radius 2 is 1.91 bits per heavy atom. The number of urea groups is 1. The molecule has 0 aliphatic carbocycles. The molecule has 0 heterocycles. The fourth-order valence-electron chi connectivity index (χ4n) is 2.15. The number of amides is 2. The average molecular weight is 370 g/mol. The zero-order valence-electron chi connectivity index (χ0n) is 12.7. The molecule has 23 heavy (non-hydrogen) atoms. The standard InChI is InChI=1S/C18H16BrN3O/c1-3-12-22(15-10-8-14(13-20)9-11-15)18(23)21(2)17-7-5-4-6-16(17)19/h3-11H,1,12H2,2H3. The molecule has 0 radical (unpaired) electrons. The van der Waals surface area contributed by atoms with Gasteiger partial charge >= 0.3 is 6.03 Å². The van der Waals surface area contributed by atoms with Gasteiger partial charge in [-0.25, -0.2) is 4.79 Å². The van der Waals surface area contributed by atoms with Crippen LogP contribution in [0.15, 0.2) is 65.7 Å². The lowest BCUT2D eigenvalue weighted by Crippen LogP contribution is -2.41. The van der Waals surface area contributed by atoms with Gasteiger partial charge in [-0.1, -0.05) is 18.2 Å². The van der Waals surface area contributed by atoms with Crippen LogP contribution in [-0.2, 0) is 0 Å². The molecule has 0 N–H and O–H groups in total. The van der Waals surface area contributed by atoms with E-state index in [9.17, 15) is 4.79 Å². The van der Waals surface area contributed by atoms with E-state index >= 15 is 0 Å². The maximum atomic E-state index is 12.9. The highest BCUT2D eigenvalue weighted by Gasteiger charge is 2.21. The van der Waals surface area contributed by atoms with Crippen LogP contribution in [-0.4, -0.2) is 19.6 Å². The van der Waals surface area contributed by atoms with E-state index in [2.05, 4.69) is 28.6 Å². The van der Waals surface area contributed by atoms with E-state index in [4.69, 9.17) is 5.26 Å². The smallest absolute Gasteiger partial charge is 0.296 e. The van der Waals surface area contributed by atoms with E-state index in [0.717, 1.165) is 10.2 Å². The van der Waals surface area contributed by atoms with Gasteiger partial charge in [0.2, 0.25) is 0 Å². The summed E-state index contributed by atoms with van der Waals surface area (Å²) in [6, 6.07) is 16.3. The number of para-hydroxylation sites is 1. The van der Waals surface area contributed by atoms with Gasteiger partial charge in [-0.3, -0.25) is 9.80 Å². The third-order valence-electron chi connectivity index (χ3n) is 3.35. The summed E-state index contributed by atoms with van der Waals surface area (Å²) in [7, 11) is 1.72. The van der Waals surface area contributed by atoms with Crippen LogP contribution in [0.2, 0.25) is 0 Å². The van der Waals surface area contributed by atoms with Gasteiger partial charge in [0.1, 0.15) is 0 Å². The van der Waals surface area contributed by atoms with Crippen LogP contribution in [0.3, 0.4) is 0 Å². The molecule has 0 aliphatic heterocycles. The van der Waals surface area contributed by atoms with Crippen molar-refractivity contribution in [1.29, 1.82) is 5.26 Å². The molecule has 116 valence electrons. The molecule has 0 unspecified atom stereocenters. The zero-order valence-corrected chi connectivity index (χ0v) is 14.3. The molecule has 0 bridgehead atoms. The molecule has 0 saturated heterocycles. The largest absolute Gasteiger partial charge is 0.329 e. The summed E-state index contributed by atoms with van der Waals surface area (Å²) in [6.45, 7) is 4.09. The van der Waals surface area contributed by atoms with Crippen molar-refractivity contribution in [2.75, 3.05) is 23.4 Å². The molecule has 0 saturated carbocycles. The van der Waals surface area contributed by atoms with E-state index in [1.54, 1.807) is 47.2 Å². The van der Waals surface area contributed by atoms with Gasteiger partial charge in [0.05, 0.1) is 17.3 Å². The highest BCUT2D eigenvalue weighted by molar-refractivity contribution is 9.10. The first-order valence-electron chi connectivity index (χ1n) is 6.99. The third kappa shape index (κ3) is 3.79. The molecule has 2 rings (SSSR count). The number of hydrogen-bond acceptors (Lipinski definition) is 2. The van der Waals surface area contributed by atoms with Crippen molar-refractivity contribution in [2.45, 2.75) is 0 Å². The van der Waals surface area contributed by atoms with Crippen molar-refractivity contribution in [3.63, 3.8) is 0 Å². The number of benzene rings is 2. The van der Waals surface area contributed by atoms with Gasteiger partial charge in [-0.05, 0) is 52.3 Å². The van der Waals surface area contributed by atoms with Gasteiger partial charge in [-0.15, -0.1) is 6.58 Å². The quantitative estimate of drug-likeness (QED) is 0.741. The second-order valence-corrected chi connectivity index (χ2v) is 5.71. The van der Waals surface area contributed by atoms with Crippen LogP contribution in [0.4, 0.5) is 16.2 Å². The summed E-state index contributed by atoms with van der Waals surface area (Å²) < 4.78 is 0.842. The zero-order chi connectivity index (χ0) is 16.8. The minimum Gasteiger partial charge on any atom is -0.296 e. The Balaban J connectivity index is 2.32. The number of carbonyl (C=O) groups excluding carboxylic acids is 1. The van der Waals surface area contributed by atoms with Crippen LogP contribution >= 0.6 is 15.9 Å². The van der Waals surface area contributed by atoms with Crippen LogP contribution in [0.5, 0.6) is 0 Å². The van der Waals surface area contributed by atoms with Crippen molar-refractivity contribution in [1.82, 2.24) is 0 Å². The number of carbonyl (C=O) groups is 1. The summed E-state index contributed by atoms with van der Waals surface area (Å²) in [5.41, 5.74) is 2.05. The Morgan fingerprint density at radius 1 is 1.26 bits per heavy atom. The summed E-state index contributed by atoms with van der Waals surface area (Å²) >= 11 is 3.46. The molecule has 2 aromatic carbocycles. The highest BCUT2D eigenvalue weighted by atomic mass is 79.9. The fourth-order valence-corrected chi connectivity index (χ4v) is 2.70. The minimum absolute atomic E-state index is 0.179. The van der Waals surface area contributed by atoms with E-state index < -0.39 is 0 Å². The predicted molar refractivity (Wildman–Crippen MR) is 96.6 cm³/mol. The number of anilines is 2. The Morgan fingerprint density at radius 3 is 2.48 bits per heavy atom. The van der Waals surface area contributed by atoms with Crippen LogP contribution in [0.25, 0.3) is 0 Å². The SMILES string of the molecule is C=CCN(C(=O)N(C)c1ccccc1Br)c1ccc(C#N)cc1. The summed E-state index contributed by atoms with van der Waals surface area (Å²) in [4.78, 5) is 16.0. The van der Waals surface area contributed by atoms with E-state index in [1.807, 2.05) is 24.3 Å². The summed E-state index contributed by atoms with van der Waals surface area (Å²) in [5.74, 6) is 0. The molecule has 2 amide bonds. The molecule has 0 spiro atoms. The molecule has 0 aromatic heterocycles. The Bertz CT molecular complexity index is 750. The molecule has 2 aromatic rings. The lowest BCUT2D eigenvalue weighted by Gasteiger charge is -2.28. The molecule has 0 aliphatic rings. The van der Waals surface area contributed by atoms with Crippen LogP contribution in [0.1, 0.15) is 5.56 Å². The monoisotopic (exact) mass is 369 g/mol. The van der Waals surface area contributed by atoms with Crippen molar-refractivity contribution in [2.24, 2.45) is 0 Å². The fraction of sp³-hybridized carbons (Fsp3) is 0.111. The van der Waals surface area contributed by atoms with Crippen LogP contribution in [0, 0.1) is 11.3 Å². The molecule has 4 nitrogen and oxygen atoms in total. The lowest BCUT2D eigenvalue weighted by atomic mass is 10.2. The second-order valence-electron chi connectivity index (χ2n) is 4.85. The molecule has 0 fully saturated rings. The van der Waals surface area contributed by atoms with Gasteiger partial charge < -0.3 is 0 Å². The van der Waals surface area contributed by atoms with E-state index in [-0.39, 0.29) is 6.03 Å². The van der Waals surface area contributed by atoms with E-state index in [0.29, 0.717) is 17.8 Å². The molecule has 5 heteroatoms. The van der Waals surface area contributed by atoms with Gasteiger partial charge in [0.25, 0.3) is 0 Å². The van der Waals surface area contributed by atoms with Crippen LogP contribution < -0.4 is 9.80 Å². The number of rotatable bonds is 4. The number of nitrogens with zero attached hydrogens (tertiary/aromatic N) is 3. The average Bonchev–Trinajstić information content (AvgIpc) is 2.59. The molecular formula is C18H16BrN3O. The maximum absolute atomic E-state index is 12.9. The third-order valence-corrected chi connectivity index (χ3v) is 4.02. The number of halogens is 1. The Labute approximate surface area is 144 Å². The van der Waals surface area contributed by atoms with Crippen molar-refractivity contribution in [3.8, 4) is 6.07 Å². The molecule has 0 atom stereocenters. The Hall–Kier alpha value is -2.58. The van der Waals surface area contributed by atoms with Crippen molar-refractivity contribution in [3.05, 3.63) is 71.2 Å². The van der Waals surface area contributed by atoms with Crippen molar-refractivity contribution < 1.29 is 4.79 Å². The topological polar surface area (TPSA) is 47.3 Å². The Kier molecular flexibility index (Phi) is 5.56. The van der Waals surface area contributed by atoms with E-state index in [1.165, 1.54) is 0 Å². The second kappa shape index (κ2) is 7.61. The normalized spacial score (nSPS) is 9.78. The first-order valence-corrected chi connectivity index (χ1v) is 7.78. The van der Waals surface area contributed by atoms with Gasteiger partial charge in [0, 0.05) is 23.8 Å². The van der Waals surface area contributed by atoms with Gasteiger partial charge in [-0.2, -0.15) is 5.26 Å². The first-order chi connectivity index (χ1) is 11.1.